The van der Waals surface area contributed by atoms with Crippen LogP contribution in [0.5, 0.6) is 0 Å². The summed E-state index contributed by atoms with van der Waals surface area (Å²) in [6, 6.07) is 13.6. The van der Waals surface area contributed by atoms with Crippen LogP contribution in [0, 0.1) is 29.1 Å². The lowest BCUT2D eigenvalue weighted by atomic mass is 9.97. The number of hydrogen-bond acceptors (Lipinski definition) is 0. The Balaban J connectivity index is 1.79. The summed E-state index contributed by atoms with van der Waals surface area (Å²) in [6.07, 6.45) is 1.51. The van der Waals surface area contributed by atoms with E-state index in [4.69, 9.17) is 0 Å². The van der Waals surface area contributed by atoms with Gasteiger partial charge in [0.15, 0.2) is 17.5 Å². The van der Waals surface area contributed by atoms with Gasteiger partial charge >= 0.3 is 0 Å². The van der Waals surface area contributed by atoms with Crippen molar-refractivity contribution in [2.45, 2.75) is 0 Å². The average molecular weight is 396 g/mol. The van der Waals surface area contributed by atoms with Gasteiger partial charge in [0, 0.05) is 16.5 Å². The maximum atomic E-state index is 14.8. The number of hydrogen-bond donors (Lipinski definition) is 0. The molecule has 0 saturated carbocycles. The molecule has 29 heavy (non-hydrogen) atoms. The smallest absolute Gasteiger partial charge is 0.195 e. The third kappa shape index (κ3) is 3.29. The summed E-state index contributed by atoms with van der Waals surface area (Å²) in [7, 11) is 0. The van der Waals surface area contributed by atoms with Gasteiger partial charge in [-0.15, -0.1) is 0 Å². The zero-order valence-electron chi connectivity index (χ0n) is 14.9. The van der Waals surface area contributed by atoms with E-state index >= 15 is 0 Å². The molecule has 4 aromatic rings. The van der Waals surface area contributed by atoms with Crippen molar-refractivity contribution in [1.82, 2.24) is 0 Å². The van der Waals surface area contributed by atoms with E-state index in [2.05, 4.69) is 6.58 Å². The van der Waals surface area contributed by atoms with Crippen molar-refractivity contribution in [3.63, 3.8) is 0 Å². The first-order chi connectivity index (χ1) is 13.9. The van der Waals surface area contributed by atoms with Crippen molar-refractivity contribution < 1.29 is 22.0 Å². The molecule has 0 atom stereocenters. The molecule has 0 unspecified atom stereocenters. The van der Waals surface area contributed by atoms with E-state index in [0.717, 1.165) is 6.07 Å². The second kappa shape index (κ2) is 7.17. The minimum absolute atomic E-state index is 0.103. The molecule has 4 rings (SSSR count). The fourth-order valence-corrected chi connectivity index (χ4v) is 3.28. The molecule has 0 fully saturated rings. The Morgan fingerprint density at radius 3 is 1.86 bits per heavy atom. The summed E-state index contributed by atoms with van der Waals surface area (Å²) in [5.41, 5.74) is 1.72. The monoisotopic (exact) mass is 396 g/mol. The van der Waals surface area contributed by atoms with Crippen molar-refractivity contribution in [3.8, 4) is 22.3 Å². The molecule has 0 bridgehead atoms. The molecule has 0 nitrogen and oxygen atoms in total. The molecule has 4 aromatic carbocycles. The SMILES string of the molecule is C=Cc1ccc(-c2ccc(-c3ccc4c(F)c(F)c(F)cc4c3)c(F)c2)c(F)c1. The fraction of sp³-hybridized carbons (Fsp3) is 0. The van der Waals surface area contributed by atoms with Crippen LogP contribution in [-0.2, 0) is 0 Å². The lowest BCUT2D eigenvalue weighted by molar-refractivity contribution is 0.453. The lowest BCUT2D eigenvalue weighted by Gasteiger charge is -2.10. The van der Waals surface area contributed by atoms with Crippen molar-refractivity contribution in [2.75, 3.05) is 0 Å². The molecular formula is C24H13F5. The van der Waals surface area contributed by atoms with Crippen molar-refractivity contribution in [1.29, 1.82) is 0 Å². The Bertz CT molecular complexity index is 1270. The Hall–Kier alpha value is -3.47. The molecule has 0 saturated heterocycles. The van der Waals surface area contributed by atoms with E-state index in [-0.39, 0.29) is 21.9 Å². The Kier molecular flexibility index (Phi) is 4.66. The molecule has 5 heteroatoms. The Morgan fingerprint density at radius 1 is 0.586 bits per heavy atom. The predicted molar refractivity (Wildman–Crippen MR) is 105 cm³/mol. The summed E-state index contributed by atoms with van der Waals surface area (Å²) >= 11 is 0. The van der Waals surface area contributed by atoms with Gasteiger partial charge in [-0.1, -0.05) is 49.1 Å². The predicted octanol–water partition coefficient (Wildman–Crippen LogP) is 7.51. The van der Waals surface area contributed by atoms with Gasteiger partial charge < -0.3 is 0 Å². The highest BCUT2D eigenvalue weighted by Crippen LogP contribution is 2.32. The van der Waals surface area contributed by atoms with E-state index in [9.17, 15) is 22.0 Å². The maximum Gasteiger partial charge on any atom is 0.195 e. The third-order valence-electron chi connectivity index (χ3n) is 4.79. The van der Waals surface area contributed by atoms with Crippen molar-refractivity contribution >= 4 is 16.8 Å². The van der Waals surface area contributed by atoms with Crippen molar-refractivity contribution in [3.05, 3.63) is 102 Å². The zero-order valence-corrected chi connectivity index (χ0v) is 14.9. The number of rotatable bonds is 3. The number of fused-ring (bicyclic) bond motifs is 1. The largest absolute Gasteiger partial charge is 0.206 e. The average Bonchev–Trinajstić information content (AvgIpc) is 2.71. The molecule has 0 spiro atoms. The summed E-state index contributed by atoms with van der Waals surface area (Å²) in [4.78, 5) is 0. The van der Waals surface area contributed by atoms with Crippen LogP contribution >= 0.6 is 0 Å². The molecule has 0 heterocycles. The van der Waals surface area contributed by atoms with Crippen LogP contribution in [0.3, 0.4) is 0 Å². The summed E-state index contributed by atoms with van der Waals surface area (Å²) in [5.74, 6) is -5.29. The molecule has 0 aromatic heterocycles. The van der Waals surface area contributed by atoms with E-state index in [1.165, 1.54) is 48.5 Å². The number of benzene rings is 4. The van der Waals surface area contributed by atoms with Gasteiger partial charge in [0.1, 0.15) is 11.6 Å². The minimum atomic E-state index is -1.55. The first-order valence-electron chi connectivity index (χ1n) is 8.68. The highest BCUT2D eigenvalue weighted by atomic mass is 19.2. The van der Waals surface area contributed by atoms with Gasteiger partial charge in [-0.05, 0) is 46.3 Å². The highest BCUT2D eigenvalue weighted by Gasteiger charge is 2.15. The van der Waals surface area contributed by atoms with Crippen LogP contribution in [0.4, 0.5) is 22.0 Å². The van der Waals surface area contributed by atoms with E-state index in [0.29, 0.717) is 16.7 Å². The molecule has 0 aliphatic rings. The van der Waals surface area contributed by atoms with Gasteiger partial charge in [-0.2, -0.15) is 0 Å². The minimum Gasteiger partial charge on any atom is -0.206 e. The van der Waals surface area contributed by atoms with E-state index < -0.39 is 29.1 Å². The van der Waals surface area contributed by atoms with E-state index in [1.807, 2.05) is 0 Å². The standard InChI is InChI=1S/C24H13F5/c1-2-13-3-6-17(20(25)9-13)15-4-7-18(21(26)11-15)14-5-8-19-16(10-14)12-22(27)24(29)23(19)28/h2-12H,1H2. The Morgan fingerprint density at radius 2 is 1.21 bits per heavy atom. The molecule has 144 valence electrons. The summed E-state index contributed by atoms with van der Waals surface area (Å²) in [6.45, 7) is 3.58. The van der Waals surface area contributed by atoms with Crippen LogP contribution in [0.1, 0.15) is 5.56 Å². The van der Waals surface area contributed by atoms with Crippen molar-refractivity contribution in [2.24, 2.45) is 0 Å². The quantitative estimate of drug-likeness (QED) is 0.248. The summed E-state index contributed by atoms with van der Waals surface area (Å²) < 4.78 is 69.9. The zero-order chi connectivity index (χ0) is 20.7. The van der Waals surface area contributed by atoms with Crippen LogP contribution in [0.25, 0.3) is 39.1 Å². The molecule has 0 radical (unpaired) electrons. The molecule has 0 aliphatic heterocycles. The van der Waals surface area contributed by atoms with Crippen LogP contribution in [-0.4, -0.2) is 0 Å². The lowest BCUT2D eigenvalue weighted by Crippen LogP contribution is -1.93. The van der Waals surface area contributed by atoms with Gasteiger partial charge in [-0.25, -0.2) is 22.0 Å². The highest BCUT2D eigenvalue weighted by molar-refractivity contribution is 5.88. The van der Waals surface area contributed by atoms with E-state index in [1.54, 1.807) is 12.1 Å². The van der Waals surface area contributed by atoms with Crippen LogP contribution in [0.15, 0.2) is 67.2 Å². The molecule has 0 aliphatic carbocycles. The second-order valence-electron chi connectivity index (χ2n) is 6.56. The van der Waals surface area contributed by atoms with Gasteiger partial charge in [0.25, 0.3) is 0 Å². The third-order valence-corrected chi connectivity index (χ3v) is 4.79. The fourth-order valence-electron chi connectivity index (χ4n) is 3.28. The molecule has 0 amide bonds. The van der Waals surface area contributed by atoms with Gasteiger partial charge in [0.2, 0.25) is 0 Å². The number of halogens is 5. The normalized spacial score (nSPS) is 11.1. The Labute approximate surface area is 163 Å². The molecular weight excluding hydrogens is 383 g/mol. The first-order valence-corrected chi connectivity index (χ1v) is 8.68. The van der Waals surface area contributed by atoms with Crippen LogP contribution < -0.4 is 0 Å². The maximum absolute atomic E-state index is 14.8. The first kappa shape index (κ1) is 18.9. The molecule has 0 N–H and O–H groups in total. The van der Waals surface area contributed by atoms with Gasteiger partial charge in [-0.3, -0.25) is 0 Å². The topological polar surface area (TPSA) is 0 Å². The van der Waals surface area contributed by atoms with Gasteiger partial charge in [0.05, 0.1) is 0 Å². The van der Waals surface area contributed by atoms with Crippen LogP contribution in [0.2, 0.25) is 0 Å². The summed E-state index contributed by atoms with van der Waals surface area (Å²) in [5, 5.41) is 0.00231. The second-order valence-corrected chi connectivity index (χ2v) is 6.56.